The Kier molecular flexibility index (Phi) is 4.60. The van der Waals surface area contributed by atoms with Crippen molar-refractivity contribution in [3.8, 4) is 5.75 Å². The summed E-state index contributed by atoms with van der Waals surface area (Å²) in [6.07, 6.45) is 4.20. The lowest BCUT2D eigenvalue weighted by Gasteiger charge is -2.17. The van der Waals surface area contributed by atoms with E-state index in [9.17, 15) is 4.79 Å². The van der Waals surface area contributed by atoms with E-state index in [0.717, 1.165) is 18.7 Å². The van der Waals surface area contributed by atoms with Crippen molar-refractivity contribution in [1.82, 2.24) is 19.9 Å². The number of ether oxygens (including phenoxy) is 1. The van der Waals surface area contributed by atoms with E-state index < -0.39 is 0 Å². The fraction of sp³-hybridized carbons (Fsp3) is 0.471. The molecule has 1 aliphatic heterocycles. The van der Waals surface area contributed by atoms with Gasteiger partial charge < -0.3 is 9.64 Å². The summed E-state index contributed by atoms with van der Waals surface area (Å²) in [7, 11) is 0. The van der Waals surface area contributed by atoms with E-state index in [1.165, 1.54) is 5.56 Å². The molecule has 0 aliphatic carbocycles. The molecule has 2 heterocycles. The Balaban J connectivity index is 1.50. The van der Waals surface area contributed by atoms with Crippen molar-refractivity contribution in [3.05, 3.63) is 42.2 Å². The van der Waals surface area contributed by atoms with E-state index in [1.807, 2.05) is 29.2 Å². The van der Waals surface area contributed by atoms with Gasteiger partial charge in [0.05, 0.1) is 18.4 Å². The number of benzene rings is 1. The third-order valence-corrected chi connectivity index (χ3v) is 4.19. The molecule has 1 saturated heterocycles. The van der Waals surface area contributed by atoms with E-state index in [-0.39, 0.29) is 18.6 Å². The lowest BCUT2D eigenvalue weighted by molar-refractivity contribution is -0.132. The molecule has 1 aromatic carbocycles. The maximum atomic E-state index is 12.3. The lowest BCUT2D eigenvalue weighted by atomic mass is 10.0. The molecule has 122 valence electrons. The number of carbonyl (C=O) groups excluding carboxylic acids is 1. The van der Waals surface area contributed by atoms with Crippen LogP contribution in [0, 0.1) is 0 Å². The minimum Gasteiger partial charge on any atom is -0.484 e. The molecule has 1 amide bonds. The zero-order chi connectivity index (χ0) is 16.2. The molecule has 6 heteroatoms. The Hall–Kier alpha value is -2.37. The standard InChI is InChI=1S/C17H22N4O2/c1-13(2)14-3-5-16(6-4-14)23-12-17(22)20-10-7-15(11-20)21-18-8-9-19-21/h3-6,8-9,13,15H,7,10-12H2,1-2H3. The van der Waals surface area contributed by atoms with Crippen LogP contribution in [0.3, 0.4) is 0 Å². The molecule has 2 aromatic rings. The van der Waals surface area contributed by atoms with Gasteiger partial charge in [0.25, 0.3) is 5.91 Å². The molecule has 0 spiro atoms. The van der Waals surface area contributed by atoms with Gasteiger partial charge in [-0.1, -0.05) is 26.0 Å². The third-order valence-electron chi connectivity index (χ3n) is 4.19. The molecule has 23 heavy (non-hydrogen) atoms. The minimum absolute atomic E-state index is 0.00703. The Morgan fingerprint density at radius 2 is 1.96 bits per heavy atom. The fourth-order valence-corrected chi connectivity index (χ4v) is 2.76. The molecule has 1 aliphatic rings. The van der Waals surface area contributed by atoms with Crippen LogP contribution in [-0.4, -0.2) is 45.5 Å². The normalized spacial score (nSPS) is 17.7. The van der Waals surface area contributed by atoms with E-state index in [0.29, 0.717) is 12.5 Å². The van der Waals surface area contributed by atoms with E-state index in [2.05, 4.69) is 24.0 Å². The van der Waals surface area contributed by atoms with Crippen LogP contribution >= 0.6 is 0 Å². The Morgan fingerprint density at radius 1 is 1.26 bits per heavy atom. The van der Waals surface area contributed by atoms with Gasteiger partial charge in [0.1, 0.15) is 5.75 Å². The molecule has 0 radical (unpaired) electrons. The van der Waals surface area contributed by atoms with Gasteiger partial charge in [-0.05, 0) is 30.0 Å². The molecule has 6 nitrogen and oxygen atoms in total. The summed E-state index contributed by atoms with van der Waals surface area (Å²) in [6, 6.07) is 8.09. The second-order valence-corrected chi connectivity index (χ2v) is 6.14. The summed E-state index contributed by atoms with van der Waals surface area (Å²) in [4.78, 5) is 15.8. The Labute approximate surface area is 136 Å². The first kappa shape index (κ1) is 15.5. The van der Waals surface area contributed by atoms with Gasteiger partial charge in [-0.25, -0.2) is 0 Å². The van der Waals surface area contributed by atoms with E-state index >= 15 is 0 Å². The van der Waals surface area contributed by atoms with Crippen LogP contribution in [0.5, 0.6) is 5.75 Å². The quantitative estimate of drug-likeness (QED) is 0.849. The van der Waals surface area contributed by atoms with Gasteiger partial charge in [-0.2, -0.15) is 15.0 Å². The first-order chi connectivity index (χ1) is 11.1. The summed E-state index contributed by atoms with van der Waals surface area (Å²) < 4.78 is 5.61. The number of carbonyl (C=O) groups is 1. The number of hydrogen-bond acceptors (Lipinski definition) is 4. The summed E-state index contributed by atoms with van der Waals surface area (Å²) in [5.74, 6) is 1.22. The van der Waals surface area contributed by atoms with Crippen molar-refractivity contribution in [2.45, 2.75) is 32.2 Å². The largest absolute Gasteiger partial charge is 0.484 e. The summed E-state index contributed by atoms with van der Waals surface area (Å²) in [5.41, 5.74) is 1.26. The van der Waals surface area contributed by atoms with Crippen molar-refractivity contribution in [1.29, 1.82) is 0 Å². The first-order valence-corrected chi connectivity index (χ1v) is 8.00. The van der Waals surface area contributed by atoms with Gasteiger partial charge in [-0.3, -0.25) is 4.79 Å². The molecule has 1 unspecified atom stereocenters. The summed E-state index contributed by atoms with van der Waals surface area (Å²) >= 11 is 0. The maximum absolute atomic E-state index is 12.3. The topological polar surface area (TPSA) is 60.2 Å². The van der Waals surface area contributed by atoms with Crippen LogP contribution in [0.25, 0.3) is 0 Å². The lowest BCUT2D eigenvalue weighted by Crippen LogP contribution is -2.33. The van der Waals surface area contributed by atoms with Crippen LogP contribution in [0.2, 0.25) is 0 Å². The van der Waals surface area contributed by atoms with E-state index in [1.54, 1.807) is 17.2 Å². The molecular formula is C17H22N4O2. The zero-order valence-corrected chi connectivity index (χ0v) is 13.6. The Morgan fingerprint density at radius 3 is 2.61 bits per heavy atom. The highest BCUT2D eigenvalue weighted by Gasteiger charge is 2.28. The van der Waals surface area contributed by atoms with Gasteiger partial charge in [0.15, 0.2) is 6.61 Å². The Bertz CT molecular complexity index is 637. The van der Waals surface area contributed by atoms with Crippen LogP contribution in [0.4, 0.5) is 0 Å². The number of likely N-dealkylation sites (tertiary alicyclic amines) is 1. The van der Waals surface area contributed by atoms with Crippen molar-refractivity contribution >= 4 is 5.91 Å². The zero-order valence-electron chi connectivity index (χ0n) is 13.6. The summed E-state index contributed by atoms with van der Waals surface area (Å²) in [6.45, 7) is 5.74. The average Bonchev–Trinajstić information content (AvgIpc) is 3.23. The van der Waals surface area contributed by atoms with Crippen LogP contribution < -0.4 is 4.74 Å². The predicted molar refractivity (Wildman–Crippen MR) is 86.3 cm³/mol. The van der Waals surface area contributed by atoms with Crippen molar-refractivity contribution in [2.24, 2.45) is 0 Å². The highest BCUT2D eigenvalue weighted by Crippen LogP contribution is 2.21. The third kappa shape index (κ3) is 3.70. The second-order valence-electron chi connectivity index (χ2n) is 6.14. The van der Waals surface area contributed by atoms with Gasteiger partial charge >= 0.3 is 0 Å². The van der Waals surface area contributed by atoms with Gasteiger partial charge in [0.2, 0.25) is 0 Å². The van der Waals surface area contributed by atoms with Crippen molar-refractivity contribution in [3.63, 3.8) is 0 Å². The molecular weight excluding hydrogens is 292 g/mol. The molecule has 1 aromatic heterocycles. The molecule has 0 bridgehead atoms. The minimum atomic E-state index is 0.00703. The van der Waals surface area contributed by atoms with Crippen LogP contribution in [0.15, 0.2) is 36.7 Å². The first-order valence-electron chi connectivity index (χ1n) is 8.00. The molecule has 1 atom stereocenters. The van der Waals surface area contributed by atoms with E-state index in [4.69, 9.17) is 4.74 Å². The number of aromatic nitrogens is 3. The van der Waals surface area contributed by atoms with Crippen molar-refractivity contribution < 1.29 is 9.53 Å². The predicted octanol–water partition coefficient (Wildman–Crippen LogP) is 2.25. The number of amides is 1. The monoisotopic (exact) mass is 314 g/mol. The second kappa shape index (κ2) is 6.81. The molecule has 0 saturated carbocycles. The smallest absolute Gasteiger partial charge is 0.260 e. The fourth-order valence-electron chi connectivity index (χ4n) is 2.76. The molecule has 3 rings (SSSR count). The summed E-state index contributed by atoms with van der Waals surface area (Å²) in [5, 5.41) is 8.29. The number of rotatable bonds is 5. The number of hydrogen-bond donors (Lipinski definition) is 0. The molecule has 0 N–H and O–H groups in total. The van der Waals surface area contributed by atoms with Gasteiger partial charge in [0, 0.05) is 13.1 Å². The SMILES string of the molecule is CC(C)c1ccc(OCC(=O)N2CCC(n3nccn3)C2)cc1. The van der Waals surface area contributed by atoms with Crippen LogP contribution in [0.1, 0.15) is 37.8 Å². The maximum Gasteiger partial charge on any atom is 0.260 e. The number of nitrogens with zero attached hydrogens (tertiary/aromatic N) is 4. The highest BCUT2D eigenvalue weighted by molar-refractivity contribution is 5.78. The molecule has 1 fully saturated rings. The average molecular weight is 314 g/mol. The van der Waals surface area contributed by atoms with Crippen LogP contribution in [-0.2, 0) is 4.79 Å². The van der Waals surface area contributed by atoms with Crippen molar-refractivity contribution in [2.75, 3.05) is 19.7 Å². The van der Waals surface area contributed by atoms with Gasteiger partial charge in [-0.15, -0.1) is 0 Å². The highest BCUT2D eigenvalue weighted by atomic mass is 16.5.